The second kappa shape index (κ2) is 4.34. The number of amides is 1. The molecule has 0 radical (unpaired) electrons. The monoisotopic (exact) mass is 269 g/mol. The first kappa shape index (κ1) is 12.2. The van der Waals surface area contributed by atoms with Gasteiger partial charge in [0.25, 0.3) is 5.91 Å². The molecule has 0 atom stereocenters. The zero-order valence-electron chi connectivity index (χ0n) is 10.6. The highest BCUT2D eigenvalue weighted by Crippen LogP contribution is 2.15. The van der Waals surface area contributed by atoms with Crippen LogP contribution in [-0.4, -0.2) is 23.8 Å². The van der Waals surface area contributed by atoms with E-state index < -0.39 is 5.91 Å². The summed E-state index contributed by atoms with van der Waals surface area (Å²) in [6, 6.07) is 6.91. The van der Waals surface area contributed by atoms with Crippen LogP contribution < -0.4 is 10.7 Å². The minimum atomic E-state index is -0.412. The number of guanidine groups is 1. The fourth-order valence-electron chi connectivity index (χ4n) is 2.03. The zero-order valence-corrected chi connectivity index (χ0v) is 10.6. The molecule has 0 saturated carbocycles. The van der Waals surface area contributed by atoms with E-state index >= 15 is 0 Å². The lowest BCUT2D eigenvalue weighted by atomic mass is 10.1. The van der Waals surface area contributed by atoms with E-state index in [4.69, 9.17) is 9.83 Å². The van der Waals surface area contributed by atoms with Crippen molar-refractivity contribution in [3.05, 3.63) is 52.0 Å². The van der Waals surface area contributed by atoms with E-state index in [9.17, 15) is 9.59 Å². The van der Waals surface area contributed by atoms with Crippen LogP contribution in [0.5, 0.6) is 0 Å². The van der Waals surface area contributed by atoms with E-state index in [0.717, 1.165) is 0 Å². The molecule has 1 aromatic heterocycles. The molecule has 0 aliphatic carbocycles. The number of nitrogens with one attached hydrogen (secondary N) is 2. The molecule has 1 aromatic carbocycles. The van der Waals surface area contributed by atoms with E-state index in [0.29, 0.717) is 11.0 Å². The standard InChI is InChI=1S/C14H11N3O3/c1-17-10(13(19)16-14(17)15)6-8-7-20-11-5-3-2-4-9(11)12(8)18/h2-7H,1H3,(H2,15,16,19). The van der Waals surface area contributed by atoms with Gasteiger partial charge in [-0.25, -0.2) is 0 Å². The molecule has 2 N–H and O–H groups in total. The topological polar surface area (TPSA) is 86.4 Å². The molecule has 6 nitrogen and oxygen atoms in total. The molecule has 0 spiro atoms. The second-order valence-corrected chi connectivity index (χ2v) is 4.41. The van der Waals surface area contributed by atoms with Gasteiger partial charge in [-0.05, 0) is 18.2 Å². The van der Waals surface area contributed by atoms with Gasteiger partial charge < -0.3 is 9.32 Å². The smallest absolute Gasteiger partial charge is 0.274 e. The second-order valence-electron chi connectivity index (χ2n) is 4.41. The van der Waals surface area contributed by atoms with Gasteiger partial charge in [0.05, 0.1) is 10.9 Å². The molecule has 3 rings (SSSR count). The van der Waals surface area contributed by atoms with Crippen molar-refractivity contribution in [1.82, 2.24) is 10.2 Å². The van der Waals surface area contributed by atoms with E-state index in [1.807, 2.05) is 0 Å². The van der Waals surface area contributed by atoms with E-state index in [1.54, 1.807) is 31.3 Å². The van der Waals surface area contributed by atoms with E-state index in [-0.39, 0.29) is 22.6 Å². The molecule has 1 saturated heterocycles. The quantitative estimate of drug-likeness (QED) is 0.760. The SMILES string of the molecule is CN1C(=N)NC(=O)C1=Cc1coc2ccccc2c1=O. The number of rotatable bonds is 1. The van der Waals surface area contributed by atoms with Crippen molar-refractivity contribution in [1.29, 1.82) is 5.41 Å². The normalized spacial score (nSPS) is 17.1. The summed E-state index contributed by atoms with van der Waals surface area (Å²) in [4.78, 5) is 25.4. The Morgan fingerprint density at radius 1 is 1.30 bits per heavy atom. The summed E-state index contributed by atoms with van der Waals surface area (Å²) in [6.45, 7) is 0. The molecule has 1 amide bonds. The van der Waals surface area contributed by atoms with Crippen LogP contribution in [-0.2, 0) is 4.79 Å². The Labute approximate surface area is 113 Å². The molecular weight excluding hydrogens is 258 g/mol. The molecular formula is C14H11N3O3. The van der Waals surface area contributed by atoms with Crippen LogP contribution >= 0.6 is 0 Å². The maximum atomic E-state index is 12.3. The largest absolute Gasteiger partial charge is 0.463 e. The van der Waals surface area contributed by atoms with Crippen LogP contribution in [0.1, 0.15) is 5.56 Å². The lowest BCUT2D eigenvalue weighted by molar-refractivity contribution is -0.115. The first-order chi connectivity index (χ1) is 9.58. The van der Waals surface area contributed by atoms with Crippen molar-refractivity contribution < 1.29 is 9.21 Å². The number of hydrogen-bond donors (Lipinski definition) is 2. The number of fused-ring (bicyclic) bond motifs is 1. The first-order valence-electron chi connectivity index (χ1n) is 5.94. The number of para-hydroxylation sites is 1. The lowest BCUT2D eigenvalue weighted by Gasteiger charge is -2.08. The van der Waals surface area contributed by atoms with Gasteiger partial charge in [0.15, 0.2) is 5.43 Å². The van der Waals surface area contributed by atoms with E-state index in [2.05, 4.69) is 5.32 Å². The third-order valence-electron chi connectivity index (χ3n) is 3.16. The van der Waals surface area contributed by atoms with Gasteiger partial charge in [0.1, 0.15) is 17.5 Å². The molecule has 0 unspecified atom stereocenters. The van der Waals surface area contributed by atoms with Crippen LogP contribution in [0.25, 0.3) is 17.0 Å². The van der Waals surface area contributed by atoms with Crippen molar-refractivity contribution in [2.45, 2.75) is 0 Å². The number of carbonyl (C=O) groups is 1. The van der Waals surface area contributed by atoms with Crippen LogP contribution in [0.3, 0.4) is 0 Å². The maximum absolute atomic E-state index is 12.3. The number of hydrogen-bond acceptors (Lipinski definition) is 4. The van der Waals surface area contributed by atoms with Crippen LogP contribution in [0.15, 0.2) is 45.4 Å². The van der Waals surface area contributed by atoms with Crippen molar-refractivity contribution in [3.63, 3.8) is 0 Å². The minimum Gasteiger partial charge on any atom is -0.463 e. The summed E-state index contributed by atoms with van der Waals surface area (Å²) in [5.41, 5.74) is 0.795. The fourth-order valence-corrected chi connectivity index (χ4v) is 2.03. The lowest BCUT2D eigenvalue weighted by Crippen LogP contribution is -2.25. The third-order valence-corrected chi connectivity index (χ3v) is 3.16. The van der Waals surface area contributed by atoms with Gasteiger partial charge in [-0.15, -0.1) is 0 Å². The molecule has 20 heavy (non-hydrogen) atoms. The summed E-state index contributed by atoms with van der Waals surface area (Å²) in [5, 5.41) is 10.3. The van der Waals surface area contributed by atoms with Gasteiger partial charge in [-0.1, -0.05) is 12.1 Å². The molecule has 2 heterocycles. The highest BCUT2D eigenvalue weighted by atomic mass is 16.3. The van der Waals surface area contributed by atoms with Crippen molar-refractivity contribution in [2.24, 2.45) is 0 Å². The Balaban J connectivity index is 2.17. The molecule has 2 aromatic rings. The van der Waals surface area contributed by atoms with Crippen molar-refractivity contribution >= 4 is 28.9 Å². The Morgan fingerprint density at radius 3 is 2.75 bits per heavy atom. The van der Waals surface area contributed by atoms with Crippen LogP contribution in [0, 0.1) is 5.41 Å². The van der Waals surface area contributed by atoms with Crippen LogP contribution in [0.4, 0.5) is 0 Å². The average Bonchev–Trinajstić information content (AvgIpc) is 2.68. The number of nitrogens with zero attached hydrogens (tertiary/aromatic N) is 1. The van der Waals surface area contributed by atoms with Gasteiger partial charge in [0, 0.05) is 7.05 Å². The summed E-state index contributed by atoms with van der Waals surface area (Å²) in [5.74, 6) is -0.434. The number of likely N-dealkylation sites (N-methyl/N-ethyl adjacent to an activating group) is 1. The first-order valence-corrected chi connectivity index (χ1v) is 5.94. The highest BCUT2D eigenvalue weighted by Gasteiger charge is 2.27. The Hall–Kier alpha value is -2.89. The average molecular weight is 269 g/mol. The van der Waals surface area contributed by atoms with Gasteiger partial charge in [-0.3, -0.25) is 20.3 Å². The van der Waals surface area contributed by atoms with Crippen molar-refractivity contribution in [2.75, 3.05) is 7.05 Å². The van der Waals surface area contributed by atoms with Gasteiger partial charge in [0.2, 0.25) is 5.96 Å². The maximum Gasteiger partial charge on any atom is 0.274 e. The summed E-state index contributed by atoms with van der Waals surface area (Å²) in [7, 11) is 1.58. The molecule has 1 aliphatic rings. The van der Waals surface area contributed by atoms with Crippen molar-refractivity contribution in [3.8, 4) is 0 Å². The van der Waals surface area contributed by atoms with Crippen LogP contribution in [0.2, 0.25) is 0 Å². The van der Waals surface area contributed by atoms with Gasteiger partial charge >= 0.3 is 0 Å². The predicted octanol–water partition coefficient (Wildman–Crippen LogP) is 1.13. The van der Waals surface area contributed by atoms with Gasteiger partial charge in [-0.2, -0.15) is 0 Å². The summed E-state index contributed by atoms with van der Waals surface area (Å²) in [6.07, 6.45) is 2.75. The Bertz CT molecular complexity index is 820. The Morgan fingerprint density at radius 2 is 2.05 bits per heavy atom. The minimum absolute atomic E-state index is 0.0218. The van der Waals surface area contributed by atoms with E-state index in [1.165, 1.54) is 17.2 Å². The third kappa shape index (κ3) is 1.78. The zero-order chi connectivity index (χ0) is 14.3. The molecule has 0 bridgehead atoms. The molecule has 1 fully saturated rings. The Kier molecular flexibility index (Phi) is 2.64. The number of carbonyl (C=O) groups excluding carboxylic acids is 1. The highest BCUT2D eigenvalue weighted by molar-refractivity contribution is 6.14. The molecule has 100 valence electrons. The summed E-state index contributed by atoms with van der Waals surface area (Å²) < 4.78 is 5.38. The molecule has 1 aliphatic heterocycles. The molecule has 6 heteroatoms. The number of benzene rings is 1. The fraction of sp³-hybridized carbons (Fsp3) is 0.0714. The predicted molar refractivity (Wildman–Crippen MR) is 74.1 cm³/mol. The summed E-state index contributed by atoms with van der Waals surface area (Å²) >= 11 is 0.